The Morgan fingerprint density at radius 3 is 2.55 bits per heavy atom. The predicted molar refractivity (Wildman–Crippen MR) is 159 cm³/mol. The summed E-state index contributed by atoms with van der Waals surface area (Å²) in [5.74, 6) is -0.863. The summed E-state index contributed by atoms with van der Waals surface area (Å²) in [4.78, 5) is 42.7. The number of hydrogen-bond acceptors (Lipinski definition) is 6. The number of aryl methyl sites for hydroxylation is 1. The molecule has 0 unspecified atom stereocenters. The van der Waals surface area contributed by atoms with Crippen LogP contribution in [-0.2, 0) is 16.1 Å². The summed E-state index contributed by atoms with van der Waals surface area (Å²) >= 11 is 9.46. The molecule has 9 nitrogen and oxygen atoms in total. The minimum Gasteiger partial charge on any atom is -0.391 e. The van der Waals surface area contributed by atoms with Crippen LogP contribution in [0.4, 0.5) is 0 Å². The summed E-state index contributed by atoms with van der Waals surface area (Å²) in [6, 6.07) is 18.8. The van der Waals surface area contributed by atoms with Gasteiger partial charge in [0.15, 0.2) is 0 Å². The van der Waals surface area contributed by atoms with Gasteiger partial charge in [0.25, 0.3) is 5.56 Å². The molecule has 0 bridgehead atoms. The van der Waals surface area contributed by atoms with Crippen molar-refractivity contribution in [2.24, 2.45) is 5.73 Å². The van der Waals surface area contributed by atoms with Gasteiger partial charge in [-0.05, 0) is 57.7 Å². The minimum absolute atomic E-state index is 0.00919. The molecule has 2 amide bonds. The molecule has 0 aliphatic carbocycles. The monoisotopic (exact) mass is 625 g/mol. The van der Waals surface area contributed by atoms with E-state index >= 15 is 0 Å². The van der Waals surface area contributed by atoms with Crippen molar-refractivity contribution < 1.29 is 14.7 Å². The van der Waals surface area contributed by atoms with Crippen LogP contribution in [0.1, 0.15) is 24.9 Å². The second kappa shape index (κ2) is 13.2. The van der Waals surface area contributed by atoms with Crippen LogP contribution in [0.15, 0.2) is 82.3 Å². The topological polar surface area (TPSA) is 139 Å². The lowest BCUT2D eigenvalue weighted by Gasteiger charge is -2.23. The smallest absolute Gasteiger partial charge is 0.261 e. The zero-order valence-corrected chi connectivity index (χ0v) is 24.0. The fourth-order valence-electron chi connectivity index (χ4n) is 4.14. The zero-order chi connectivity index (χ0) is 28.8. The number of aromatic nitrogens is 2. The van der Waals surface area contributed by atoms with Crippen molar-refractivity contribution in [3.63, 3.8) is 0 Å². The van der Waals surface area contributed by atoms with Gasteiger partial charge in [-0.25, -0.2) is 4.98 Å². The molecule has 3 atom stereocenters. The maximum atomic E-state index is 12.9. The number of benzene rings is 3. The van der Waals surface area contributed by atoms with Crippen LogP contribution in [-0.4, -0.2) is 45.2 Å². The molecule has 0 aliphatic rings. The van der Waals surface area contributed by atoms with Crippen molar-refractivity contribution >= 4 is 50.2 Å². The van der Waals surface area contributed by atoms with E-state index in [4.69, 9.17) is 17.3 Å². The molecular formula is C29H29BrClN5O4. The maximum absolute atomic E-state index is 12.9. The van der Waals surface area contributed by atoms with E-state index in [0.29, 0.717) is 20.4 Å². The largest absolute Gasteiger partial charge is 0.391 e. The van der Waals surface area contributed by atoms with Crippen molar-refractivity contribution in [2.75, 3.05) is 6.54 Å². The Balaban J connectivity index is 1.47. The first kappa shape index (κ1) is 29.4. The first-order valence-corrected chi connectivity index (χ1v) is 13.8. The van der Waals surface area contributed by atoms with Crippen LogP contribution < -0.4 is 21.9 Å². The Morgan fingerprint density at radius 1 is 1.10 bits per heavy atom. The van der Waals surface area contributed by atoms with Crippen LogP contribution in [0, 0.1) is 0 Å². The van der Waals surface area contributed by atoms with E-state index in [9.17, 15) is 19.5 Å². The van der Waals surface area contributed by atoms with E-state index in [-0.39, 0.29) is 31.0 Å². The van der Waals surface area contributed by atoms with Gasteiger partial charge >= 0.3 is 0 Å². The molecule has 1 aromatic heterocycles. The zero-order valence-electron chi connectivity index (χ0n) is 21.7. The lowest BCUT2D eigenvalue weighted by atomic mass is 9.99. The number of nitrogens with one attached hydrogen (secondary N) is 2. The summed E-state index contributed by atoms with van der Waals surface area (Å²) in [7, 11) is 0. The highest BCUT2D eigenvalue weighted by atomic mass is 79.9. The van der Waals surface area contributed by atoms with Crippen LogP contribution in [0.5, 0.6) is 0 Å². The molecule has 0 radical (unpaired) electrons. The number of fused-ring (bicyclic) bond motifs is 1. The van der Waals surface area contributed by atoms with E-state index in [2.05, 4.69) is 31.5 Å². The molecule has 1 heterocycles. The Bertz CT molecular complexity index is 1580. The predicted octanol–water partition coefficient (Wildman–Crippen LogP) is 3.55. The molecule has 0 spiro atoms. The average molecular weight is 627 g/mol. The third-order valence-electron chi connectivity index (χ3n) is 6.48. The van der Waals surface area contributed by atoms with E-state index in [1.807, 2.05) is 54.6 Å². The molecule has 3 aromatic carbocycles. The van der Waals surface area contributed by atoms with Gasteiger partial charge in [0, 0.05) is 24.0 Å². The molecule has 4 rings (SSSR count). The van der Waals surface area contributed by atoms with Gasteiger partial charge in [0.05, 0.1) is 34.4 Å². The number of halogens is 2. The number of aliphatic hydroxyl groups is 1. The quantitative estimate of drug-likeness (QED) is 0.212. The Kier molecular flexibility index (Phi) is 9.70. The highest BCUT2D eigenvalue weighted by Crippen LogP contribution is 2.26. The van der Waals surface area contributed by atoms with Crippen LogP contribution in [0.3, 0.4) is 0 Å². The van der Waals surface area contributed by atoms with Crippen LogP contribution in [0.25, 0.3) is 22.0 Å². The molecule has 11 heteroatoms. The van der Waals surface area contributed by atoms with Gasteiger partial charge in [-0.15, -0.1) is 0 Å². The number of carbonyl (C=O) groups is 2. The fraction of sp³-hybridized carbons (Fsp3) is 0.241. The lowest BCUT2D eigenvalue weighted by molar-refractivity contribution is -0.126. The van der Waals surface area contributed by atoms with Crippen molar-refractivity contribution in [3.8, 4) is 11.1 Å². The normalized spacial score (nSPS) is 13.4. The fourth-order valence-corrected chi connectivity index (χ4v) is 4.64. The first-order valence-electron chi connectivity index (χ1n) is 12.6. The van der Waals surface area contributed by atoms with Gasteiger partial charge in [-0.3, -0.25) is 19.0 Å². The van der Waals surface area contributed by atoms with E-state index in [0.717, 1.165) is 16.7 Å². The summed E-state index contributed by atoms with van der Waals surface area (Å²) in [6.07, 6.45) is 0.360. The number of hydrogen-bond donors (Lipinski definition) is 4. The van der Waals surface area contributed by atoms with Crippen molar-refractivity contribution in [1.82, 2.24) is 20.2 Å². The third kappa shape index (κ3) is 7.14. The third-order valence-corrected chi connectivity index (χ3v) is 7.68. The van der Waals surface area contributed by atoms with E-state index < -0.39 is 24.1 Å². The summed E-state index contributed by atoms with van der Waals surface area (Å²) in [5, 5.41) is 16.2. The lowest BCUT2D eigenvalue weighted by Crippen LogP contribution is -2.49. The van der Waals surface area contributed by atoms with Gasteiger partial charge in [-0.2, -0.15) is 0 Å². The van der Waals surface area contributed by atoms with Gasteiger partial charge in [0.1, 0.15) is 6.04 Å². The number of rotatable bonds is 10. The van der Waals surface area contributed by atoms with Crippen molar-refractivity contribution in [1.29, 1.82) is 0 Å². The number of nitrogens with two attached hydrogens (primary N) is 1. The standard InChI is InChI=1S/C29H29BrClN5O4/c1-17(37)27(32)28(39)35-25(20-9-5-8-19(12-20)18-6-3-2-4-7-18)15-33-26(38)10-11-36-16-34-24-14-22(30)23(31)13-21(24)29(36)40/h2-9,12-14,16-17,25,27,37H,10-11,15,32H2,1H3,(H,33,38)(H,35,39)/t17-,25+,27+/m1/s1. The molecule has 0 saturated carbocycles. The second-order valence-corrected chi connectivity index (χ2v) is 10.7. The summed E-state index contributed by atoms with van der Waals surface area (Å²) in [6.45, 7) is 1.62. The molecule has 0 fully saturated rings. The van der Waals surface area contributed by atoms with E-state index in [1.165, 1.54) is 17.8 Å². The molecule has 5 N–H and O–H groups in total. The van der Waals surface area contributed by atoms with Crippen molar-refractivity contribution in [2.45, 2.75) is 38.1 Å². The number of aliphatic hydroxyl groups excluding tert-OH is 1. The molecule has 40 heavy (non-hydrogen) atoms. The number of nitrogens with zero attached hydrogens (tertiary/aromatic N) is 2. The van der Waals surface area contributed by atoms with Gasteiger partial charge in [0.2, 0.25) is 11.8 Å². The summed E-state index contributed by atoms with van der Waals surface area (Å²) in [5.41, 5.74) is 8.74. The Labute approximate surface area is 244 Å². The van der Waals surface area contributed by atoms with Gasteiger partial charge < -0.3 is 21.5 Å². The molecule has 0 aliphatic heterocycles. The highest BCUT2D eigenvalue weighted by molar-refractivity contribution is 9.10. The second-order valence-electron chi connectivity index (χ2n) is 9.40. The van der Waals surface area contributed by atoms with Crippen molar-refractivity contribution in [3.05, 3.63) is 98.5 Å². The average Bonchev–Trinajstić information content (AvgIpc) is 2.96. The van der Waals surface area contributed by atoms with E-state index in [1.54, 1.807) is 12.1 Å². The molecule has 4 aromatic rings. The number of carbonyl (C=O) groups excluding carboxylic acids is 2. The summed E-state index contributed by atoms with van der Waals surface area (Å²) < 4.78 is 1.99. The van der Waals surface area contributed by atoms with Gasteiger partial charge in [-0.1, -0.05) is 60.1 Å². The maximum Gasteiger partial charge on any atom is 0.261 e. The Morgan fingerprint density at radius 2 is 1.82 bits per heavy atom. The number of amides is 2. The van der Waals surface area contributed by atoms with Crippen LogP contribution >= 0.6 is 27.5 Å². The first-order chi connectivity index (χ1) is 19.1. The van der Waals surface area contributed by atoms with Crippen LogP contribution in [0.2, 0.25) is 5.02 Å². The highest BCUT2D eigenvalue weighted by Gasteiger charge is 2.23. The molecule has 208 valence electrons. The minimum atomic E-state index is -1.13. The molecular weight excluding hydrogens is 598 g/mol. The Hall–Kier alpha value is -3.57. The molecule has 0 saturated heterocycles. The SMILES string of the molecule is C[C@@H](O)[C@H](N)C(=O)N[C@@H](CNC(=O)CCn1cnc2cc(Br)c(Cl)cc2c1=O)c1cccc(-c2ccccc2)c1.